The lowest BCUT2D eigenvalue weighted by Crippen LogP contribution is -2.19. The number of hydrogen-bond acceptors (Lipinski definition) is 6. The van der Waals surface area contributed by atoms with Crippen molar-refractivity contribution < 1.29 is 4.79 Å². The molecule has 2 heterocycles. The maximum atomic E-state index is 12.2. The standard InChI is InChI=1S/C22H19N5OS2/c1-16-12-13-19(30-16)14-23-24-20(28)15-29-22-26-25-21(17-8-4-2-5-9-17)27(22)18-10-6-3-7-11-18/h2-14H,15H2,1H3,(H,24,28)/b23-14-. The Morgan fingerprint density at radius 2 is 1.80 bits per heavy atom. The van der Waals surface area contributed by atoms with Gasteiger partial charge in [0.15, 0.2) is 11.0 Å². The van der Waals surface area contributed by atoms with Crippen LogP contribution in [0.25, 0.3) is 17.1 Å². The largest absolute Gasteiger partial charge is 0.272 e. The number of hydrazone groups is 1. The number of hydrogen-bond donors (Lipinski definition) is 1. The topological polar surface area (TPSA) is 72.2 Å². The SMILES string of the molecule is Cc1ccc(/C=N\NC(=O)CSc2nnc(-c3ccccc3)n2-c2ccccc2)s1. The van der Waals surface area contributed by atoms with E-state index in [1.807, 2.05) is 84.3 Å². The summed E-state index contributed by atoms with van der Waals surface area (Å²) in [6.07, 6.45) is 1.65. The van der Waals surface area contributed by atoms with Gasteiger partial charge in [-0.15, -0.1) is 21.5 Å². The molecule has 8 heteroatoms. The number of rotatable bonds is 7. The Kier molecular flexibility index (Phi) is 6.36. The lowest BCUT2D eigenvalue weighted by Gasteiger charge is -2.10. The molecule has 6 nitrogen and oxygen atoms in total. The second-order valence-electron chi connectivity index (χ2n) is 6.37. The predicted octanol–water partition coefficient (Wildman–Crippen LogP) is 4.55. The molecule has 150 valence electrons. The van der Waals surface area contributed by atoms with Gasteiger partial charge in [-0.25, -0.2) is 5.43 Å². The highest BCUT2D eigenvalue weighted by Gasteiger charge is 2.16. The number of benzene rings is 2. The average molecular weight is 434 g/mol. The molecule has 0 radical (unpaired) electrons. The summed E-state index contributed by atoms with van der Waals surface area (Å²) in [7, 11) is 0. The van der Waals surface area contributed by atoms with E-state index < -0.39 is 0 Å². The molecule has 30 heavy (non-hydrogen) atoms. The molecule has 2 aromatic carbocycles. The van der Waals surface area contributed by atoms with Crippen LogP contribution < -0.4 is 5.43 Å². The molecule has 0 saturated carbocycles. The molecular formula is C22H19N5OS2. The van der Waals surface area contributed by atoms with Crippen molar-refractivity contribution >= 4 is 35.2 Å². The van der Waals surface area contributed by atoms with Crippen molar-refractivity contribution in [2.24, 2.45) is 5.10 Å². The summed E-state index contributed by atoms with van der Waals surface area (Å²) >= 11 is 2.94. The van der Waals surface area contributed by atoms with Crippen molar-refractivity contribution in [2.75, 3.05) is 5.75 Å². The Hall–Kier alpha value is -3.23. The number of thiophene rings is 1. The van der Waals surface area contributed by atoms with Crippen LogP contribution in [0.5, 0.6) is 0 Å². The molecule has 0 atom stereocenters. The van der Waals surface area contributed by atoms with Gasteiger partial charge < -0.3 is 0 Å². The summed E-state index contributed by atoms with van der Waals surface area (Å²) in [6, 6.07) is 23.7. The van der Waals surface area contributed by atoms with Crippen molar-refractivity contribution in [1.82, 2.24) is 20.2 Å². The number of aryl methyl sites for hydroxylation is 1. The molecule has 0 unspecified atom stereocenters. The van der Waals surface area contributed by atoms with Gasteiger partial charge in [0.1, 0.15) is 0 Å². The van der Waals surface area contributed by atoms with Crippen LogP contribution in [0.4, 0.5) is 0 Å². The second kappa shape index (κ2) is 9.51. The van der Waals surface area contributed by atoms with Gasteiger partial charge in [-0.05, 0) is 31.2 Å². The molecule has 0 spiro atoms. The number of nitrogens with one attached hydrogen (secondary N) is 1. The van der Waals surface area contributed by atoms with E-state index >= 15 is 0 Å². The van der Waals surface area contributed by atoms with Crippen LogP contribution >= 0.6 is 23.1 Å². The van der Waals surface area contributed by atoms with Gasteiger partial charge in [-0.3, -0.25) is 9.36 Å². The average Bonchev–Trinajstić information content (AvgIpc) is 3.39. The summed E-state index contributed by atoms with van der Waals surface area (Å²) < 4.78 is 1.96. The highest BCUT2D eigenvalue weighted by molar-refractivity contribution is 7.99. The number of carbonyl (C=O) groups is 1. The fourth-order valence-corrected chi connectivity index (χ4v) is 4.29. The third-order valence-corrected chi connectivity index (χ3v) is 6.02. The van der Waals surface area contributed by atoms with Crippen molar-refractivity contribution in [3.05, 3.63) is 82.6 Å². The Balaban J connectivity index is 1.49. The van der Waals surface area contributed by atoms with Crippen LogP contribution in [0.3, 0.4) is 0 Å². The predicted molar refractivity (Wildman–Crippen MR) is 122 cm³/mol. The first kappa shape index (κ1) is 20.1. The number of amides is 1. The molecule has 1 amide bonds. The number of carbonyl (C=O) groups excluding carboxylic acids is 1. The van der Waals surface area contributed by atoms with E-state index in [1.54, 1.807) is 17.6 Å². The van der Waals surface area contributed by atoms with Gasteiger partial charge in [0.05, 0.1) is 12.0 Å². The lowest BCUT2D eigenvalue weighted by molar-refractivity contribution is -0.118. The Labute approximate surface area is 182 Å². The lowest BCUT2D eigenvalue weighted by atomic mass is 10.2. The summed E-state index contributed by atoms with van der Waals surface area (Å²) in [5.74, 6) is 0.713. The minimum absolute atomic E-state index is 0.181. The fraction of sp³-hybridized carbons (Fsp3) is 0.0909. The minimum atomic E-state index is -0.201. The van der Waals surface area contributed by atoms with E-state index in [1.165, 1.54) is 16.6 Å². The monoisotopic (exact) mass is 433 g/mol. The Morgan fingerprint density at radius 3 is 2.50 bits per heavy atom. The van der Waals surface area contributed by atoms with Crippen LogP contribution in [0.2, 0.25) is 0 Å². The molecule has 1 N–H and O–H groups in total. The highest BCUT2D eigenvalue weighted by Crippen LogP contribution is 2.27. The van der Waals surface area contributed by atoms with Crippen molar-refractivity contribution in [3.63, 3.8) is 0 Å². The second-order valence-corrected chi connectivity index (χ2v) is 8.64. The van der Waals surface area contributed by atoms with E-state index in [2.05, 4.69) is 20.7 Å². The van der Waals surface area contributed by atoms with E-state index in [-0.39, 0.29) is 11.7 Å². The zero-order valence-electron chi connectivity index (χ0n) is 16.2. The van der Waals surface area contributed by atoms with Gasteiger partial charge in [0.2, 0.25) is 0 Å². The summed E-state index contributed by atoms with van der Waals surface area (Å²) in [4.78, 5) is 14.4. The summed E-state index contributed by atoms with van der Waals surface area (Å²) in [6.45, 7) is 2.03. The zero-order chi connectivity index (χ0) is 20.8. The smallest absolute Gasteiger partial charge is 0.250 e. The molecule has 4 aromatic rings. The molecule has 0 fully saturated rings. The highest BCUT2D eigenvalue weighted by atomic mass is 32.2. The van der Waals surface area contributed by atoms with Gasteiger partial charge >= 0.3 is 0 Å². The van der Waals surface area contributed by atoms with E-state index in [0.717, 1.165) is 22.0 Å². The van der Waals surface area contributed by atoms with Crippen molar-refractivity contribution in [2.45, 2.75) is 12.1 Å². The molecule has 0 saturated heterocycles. The van der Waals surface area contributed by atoms with E-state index in [0.29, 0.717) is 5.16 Å². The summed E-state index contributed by atoms with van der Waals surface area (Å²) in [5, 5.41) is 13.4. The zero-order valence-corrected chi connectivity index (χ0v) is 17.9. The molecule has 2 aromatic heterocycles. The minimum Gasteiger partial charge on any atom is -0.272 e. The van der Waals surface area contributed by atoms with Crippen LogP contribution in [-0.4, -0.2) is 32.6 Å². The molecule has 0 bridgehead atoms. The van der Waals surface area contributed by atoms with Gasteiger partial charge in [0.25, 0.3) is 5.91 Å². The first-order valence-corrected chi connectivity index (χ1v) is 11.1. The van der Waals surface area contributed by atoms with Gasteiger partial charge in [-0.2, -0.15) is 5.10 Å². The van der Waals surface area contributed by atoms with Crippen LogP contribution in [0.15, 0.2) is 83.1 Å². The number of thioether (sulfide) groups is 1. The van der Waals surface area contributed by atoms with Gasteiger partial charge in [0, 0.05) is 21.0 Å². The van der Waals surface area contributed by atoms with Gasteiger partial charge in [-0.1, -0.05) is 60.3 Å². The molecule has 0 aliphatic heterocycles. The van der Waals surface area contributed by atoms with Crippen molar-refractivity contribution in [1.29, 1.82) is 0 Å². The van der Waals surface area contributed by atoms with Crippen LogP contribution in [0, 0.1) is 6.92 Å². The van der Waals surface area contributed by atoms with Crippen molar-refractivity contribution in [3.8, 4) is 17.1 Å². The quantitative estimate of drug-likeness (QED) is 0.264. The van der Waals surface area contributed by atoms with E-state index in [4.69, 9.17) is 0 Å². The third kappa shape index (κ3) is 4.84. The summed E-state index contributed by atoms with van der Waals surface area (Å²) in [5.41, 5.74) is 4.47. The van der Waals surface area contributed by atoms with E-state index in [9.17, 15) is 4.79 Å². The van der Waals surface area contributed by atoms with Crippen LogP contribution in [0.1, 0.15) is 9.75 Å². The maximum absolute atomic E-state index is 12.2. The normalized spacial score (nSPS) is 11.1. The first-order valence-electron chi connectivity index (χ1n) is 9.28. The molecular weight excluding hydrogens is 414 g/mol. The fourth-order valence-electron chi connectivity index (χ4n) is 2.80. The third-order valence-electron chi connectivity index (χ3n) is 4.15. The number of para-hydroxylation sites is 1. The van der Waals surface area contributed by atoms with Crippen LogP contribution in [-0.2, 0) is 4.79 Å². The number of aromatic nitrogens is 3. The Morgan fingerprint density at radius 1 is 1.07 bits per heavy atom. The number of nitrogens with zero attached hydrogens (tertiary/aromatic N) is 4. The molecule has 4 rings (SSSR count). The first-order chi connectivity index (χ1) is 14.7. The molecule has 0 aliphatic rings. The maximum Gasteiger partial charge on any atom is 0.250 e. The molecule has 0 aliphatic carbocycles. The Bertz CT molecular complexity index is 1150.